The molecule has 6 nitrogen and oxygen atoms in total. The molecule has 4 aromatic rings. The average Bonchev–Trinajstić information content (AvgIpc) is 3.03. The summed E-state index contributed by atoms with van der Waals surface area (Å²) in [6, 6.07) is 32.4. The Kier molecular flexibility index (Phi) is 11.3. The number of ether oxygens (including phenoxy) is 2. The first kappa shape index (κ1) is 29.8. The quantitative estimate of drug-likeness (QED) is 0.0718. The van der Waals surface area contributed by atoms with E-state index in [0.717, 1.165) is 9.79 Å². The first-order valence-electron chi connectivity index (χ1n) is 13.0. The van der Waals surface area contributed by atoms with Gasteiger partial charge < -0.3 is 9.47 Å². The second-order valence-corrected chi connectivity index (χ2v) is 10.9. The van der Waals surface area contributed by atoms with Crippen LogP contribution in [0.5, 0.6) is 0 Å². The molecule has 0 N–H and O–H groups in total. The molecule has 4 aromatic carbocycles. The van der Waals surface area contributed by atoms with Crippen LogP contribution in [0.15, 0.2) is 119 Å². The van der Waals surface area contributed by atoms with Crippen LogP contribution in [0.25, 0.3) is 0 Å². The summed E-state index contributed by atoms with van der Waals surface area (Å²) in [6.07, 6.45) is 0.402. The van der Waals surface area contributed by atoms with E-state index in [9.17, 15) is 19.2 Å². The maximum absolute atomic E-state index is 12.5. The number of thioether (sulfide) groups is 2. The van der Waals surface area contributed by atoms with Crippen LogP contribution in [-0.2, 0) is 19.1 Å². The van der Waals surface area contributed by atoms with Gasteiger partial charge in [-0.15, -0.1) is 23.5 Å². The van der Waals surface area contributed by atoms with Crippen LogP contribution in [-0.4, -0.2) is 48.2 Å². The lowest BCUT2D eigenvalue weighted by Crippen LogP contribution is -2.13. The molecule has 0 aliphatic rings. The zero-order valence-electron chi connectivity index (χ0n) is 22.2. The Labute approximate surface area is 247 Å². The molecule has 0 amide bonds. The van der Waals surface area contributed by atoms with E-state index in [4.69, 9.17) is 9.47 Å². The van der Waals surface area contributed by atoms with E-state index in [1.165, 1.54) is 23.5 Å². The highest BCUT2D eigenvalue weighted by molar-refractivity contribution is 8.00. The average molecular weight is 585 g/mol. The molecule has 0 bridgehead atoms. The van der Waals surface area contributed by atoms with Gasteiger partial charge in [-0.3, -0.25) is 19.2 Å². The Bertz CT molecular complexity index is 1340. The van der Waals surface area contributed by atoms with E-state index in [-0.39, 0.29) is 48.2 Å². The van der Waals surface area contributed by atoms with Gasteiger partial charge in [-0.1, -0.05) is 60.7 Å². The number of ketones is 2. The highest BCUT2D eigenvalue weighted by Crippen LogP contribution is 2.21. The monoisotopic (exact) mass is 584 g/mol. The fourth-order valence-corrected chi connectivity index (χ4v) is 5.11. The van der Waals surface area contributed by atoms with E-state index in [1.54, 1.807) is 48.5 Å². The molecule has 8 heteroatoms. The third kappa shape index (κ3) is 9.48. The van der Waals surface area contributed by atoms with Crippen molar-refractivity contribution in [1.82, 2.24) is 0 Å². The second kappa shape index (κ2) is 15.6. The number of rotatable bonds is 14. The zero-order valence-corrected chi connectivity index (χ0v) is 23.8. The van der Waals surface area contributed by atoms with Gasteiger partial charge in [0.25, 0.3) is 0 Å². The molecule has 0 fully saturated rings. The summed E-state index contributed by atoms with van der Waals surface area (Å²) in [6.45, 7) is 0.308. The Morgan fingerprint density at radius 2 is 0.805 bits per heavy atom. The van der Waals surface area contributed by atoms with Crippen molar-refractivity contribution in [2.24, 2.45) is 0 Å². The minimum absolute atomic E-state index is 0.0493. The van der Waals surface area contributed by atoms with E-state index in [2.05, 4.69) is 0 Å². The molecule has 0 heterocycles. The maximum Gasteiger partial charge on any atom is 0.316 e. The Balaban J connectivity index is 1.07. The van der Waals surface area contributed by atoms with Crippen LogP contribution >= 0.6 is 23.5 Å². The van der Waals surface area contributed by atoms with E-state index in [1.807, 2.05) is 60.7 Å². The largest absolute Gasteiger partial charge is 0.465 e. The van der Waals surface area contributed by atoms with Gasteiger partial charge in [0.1, 0.15) is 0 Å². The molecule has 0 saturated heterocycles. The fourth-order valence-electron chi connectivity index (χ4n) is 3.72. The van der Waals surface area contributed by atoms with Gasteiger partial charge in [-0.2, -0.15) is 0 Å². The lowest BCUT2D eigenvalue weighted by Gasteiger charge is -2.07. The summed E-state index contributed by atoms with van der Waals surface area (Å²) in [5.41, 5.74) is 2.43. The van der Waals surface area contributed by atoms with Crippen molar-refractivity contribution >= 4 is 47.0 Å². The molecule has 0 radical (unpaired) electrons. The predicted molar refractivity (Wildman–Crippen MR) is 161 cm³/mol. The van der Waals surface area contributed by atoms with E-state index >= 15 is 0 Å². The highest BCUT2D eigenvalue weighted by atomic mass is 32.2. The smallest absolute Gasteiger partial charge is 0.316 e. The van der Waals surface area contributed by atoms with Gasteiger partial charge in [0, 0.05) is 38.5 Å². The van der Waals surface area contributed by atoms with Crippen molar-refractivity contribution in [3.8, 4) is 0 Å². The molecular formula is C33H28O6S2. The van der Waals surface area contributed by atoms with Gasteiger partial charge >= 0.3 is 11.9 Å². The normalized spacial score (nSPS) is 10.5. The second-order valence-electron chi connectivity index (χ2n) is 8.81. The number of carbonyl (C=O) groups is 4. The highest BCUT2D eigenvalue weighted by Gasteiger charge is 2.11. The predicted octanol–water partition coefficient (Wildman–Crippen LogP) is 6.51. The summed E-state index contributed by atoms with van der Waals surface area (Å²) in [5, 5.41) is 0. The molecule has 0 unspecified atom stereocenters. The fraction of sp³-hybridized carbons (Fsp3) is 0.152. The molecule has 0 aliphatic heterocycles. The van der Waals surface area contributed by atoms with E-state index in [0.29, 0.717) is 28.7 Å². The van der Waals surface area contributed by atoms with Gasteiger partial charge in [0.15, 0.2) is 11.6 Å². The van der Waals surface area contributed by atoms with Crippen LogP contribution in [0.3, 0.4) is 0 Å². The van der Waals surface area contributed by atoms with Gasteiger partial charge in [0.2, 0.25) is 0 Å². The Morgan fingerprint density at radius 1 is 0.463 bits per heavy atom. The van der Waals surface area contributed by atoms with Gasteiger partial charge in [-0.05, 0) is 48.5 Å². The zero-order chi connectivity index (χ0) is 28.9. The molecule has 208 valence electrons. The number of carbonyl (C=O) groups excluding carboxylic acids is 4. The van der Waals surface area contributed by atoms with Gasteiger partial charge in [-0.25, -0.2) is 0 Å². The summed E-state index contributed by atoms with van der Waals surface area (Å²) in [7, 11) is 0. The number of hydrogen-bond donors (Lipinski definition) is 0. The SMILES string of the molecule is O=C(CSc1ccc(C(=O)c2ccccc2)cc1)OCCCOC(=O)CSc1ccc(C(=O)c2ccccc2)cc1. The minimum atomic E-state index is -0.365. The summed E-state index contributed by atoms with van der Waals surface area (Å²) in [5.74, 6) is -0.555. The number of hydrogen-bond acceptors (Lipinski definition) is 8. The van der Waals surface area contributed by atoms with Crippen LogP contribution < -0.4 is 0 Å². The number of esters is 2. The molecule has 0 aromatic heterocycles. The molecular weight excluding hydrogens is 556 g/mol. The standard InChI is InChI=1S/C33H28O6S2/c34-30(22-40-28-16-12-26(13-17-28)32(36)24-8-3-1-4-9-24)38-20-7-21-39-31(35)23-41-29-18-14-27(15-19-29)33(37)25-10-5-2-6-11-25/h1-6,8-19H,7,20-23H2. The molecule has 41 heavy (non-hydrogen) atoms. The van der Waals surface area contributed by atoms with Crippen molar-refractivity contribution in [1.29, 1.82) is 0 Å². The van der Waals surface area contributed by atoms with Crippen molar-refractivity contribution in [3.63, 3.8) is 0 Å². The molecule has 0 atom stereocenters. The minimum Gasteiger partial charge on any atom is -0.465 e. The van der Waals surface area contributed by atoms with Crippen molar-refractivity contribution in [2.75, 3.05) is 24.7 Å². The topological polar surface area (TPSA) is 86.7 Å². The third-order valence-corrected chi connectivity index (χ3v) is 7.80. The summed E-state index contributed by atoms with van der Waals surface area (Å²) < 4.78 is 10.4. The van der Waals surface area contributed by atoms with Crippen molar-refractivity contribution < 1.29 is 28.7 Å². The maximum atomic E-state index is 12.5. The van der Waals surface area contributed by atoms with E-state index < -0.39 is 0 Å². The van der Waals surface area contributed by atoms with Gasteiger partial charge in [0.05, 0.1) is 24.7 Å². The lowest BCUT2D eigenvalue weighted by molar-refractivity contribution is -0.142. The molecule has 0 saturated carbocycles. The third-order valence-electron chi connectivity index (χ3n) is 5.83. The Hall–Kier alpha value is -4.14. The lowest BCUT2D eigenvalue weighted by atomic mass is 10.0. The van der Waals surface area contributed by atoms with Crippen molar-refractivity contribution in [3.05, 3.63) is 131 Å². The first-order chi connectivity index (χ1) is 20.0. The Morgan fingerprint density at radius 3 is 1.17 bits per heavy atom. The molecule has 0 spiro atoms. The van der Waals surface area contributed by atoms with Crippen molar-refractivity contribution in [2.45, 2.75) is 16.2 Å². The molecule has 4 rings (SSSR count). The summed E-state index contributed by atoms with van der Waals surface area (Å²) in [4.78, 5) is 50.8. The molecule has 0 aliphatic carbocycles. The van der Waals surface area contributed by atoms with Crippen LogP contribution in [0.4, 0.5) is 0 Å². The van der Waals surface area contributed by atoms with Crippen LogP contribution in [0, 0.1) is 0 Å². The van der Waals surface area contributed by atoms with Crippen LogP contribution in [0.2, 0.25) is 0 Å². The first-order valence-corrected chi connectivity index (χ1v) is 14.9. The number of benzene rings is 4. The van der Waals surface area contributed by atoms with Crippen LogP contribution in [0.1, 0.15) is 38.3 Å². The summed E-state index contributed by atoms with van der Waals surface area (Å²) >= 11 is 2.65.